The first kappa shape index (κ1) is 15.0. The van der Waals surface area contributed by atoms with Gasteiger partial charge in [0.05, 0.1) is 15.8 Å². The zero-order chi connectivity index (χ0) is 14.5. The molecule has 0 unspecified atom stereocenters. The molecule has 0 aliphatic carbocycles. The lowest BCUT2D eigenvalue weighted by Gasteiger charge is -2.07. The minimum Gasteiger partial charge on any atom is -0.384 e. The molecule has 1 N–H and O–H groups in total. The van der Waals surface area contributed by atoms with E-state index in [9.17, 15) is 4.79 Å². The molecule has 0 saturated heterocycles. The van der Waals surface area contributed by atoms with Crippen molar-refractivity contribution in [2.24, 2.45) is 0 Å². The van der Waals surface area contributed by atoms with Crippen molar-refractivity contribution in [3.8, 4) is 0 Å². The number of hydrogen-bond donors (Lipinski definition) is 1. The van der Waals surface area contributed by atoms with Crippen LogP contribution in [0, 0.1) is 0 Å². The van der Waals surface area contributed by atoms with Crippen molar-refractivity contribution in [1.29, 1.82) is 0 Å². The lowest BCUT2D eigenvalue weighted by Crippen LogP contribution is -2.26. The van der Waals surface area contributed by atoms with Gasteiger partial charge in [0.25, 0.3) is 5.91 Å². The van der Waals surface area contributed by atoms with Gasteiger partial charge in [-0.05, 0) is 19.1 Å². The molecular formula is C12H14ClN3O3S. The molecule has 0 spiro atoms. The third-order valence-electron chi connectivity index (χ3n) is 2.53. The third kappa shape index (κ3) is 3.78. The summed E-state index contributed by atoms with van der Waals surface area (Å²) in [4.78, 5) is 16.7. The lowest BCUT2D eigenvalue weighted by molar-refractivity contribution is 0.0936. The second kappa shape index (κ2) is 6.83. The van der Waals surface area contributed by atoms with Crippen molar-refractivity contribution in [2.75, 3.05) is 13.7 Å². The number of amides is 1. The van der Waals surface area contributed by atoms with Gasteiger partial charge < -0.3 is 14.6 Å². The average Bonchev–Trinajstić information content (AvgIpc) is 3.05. The number of halogens is 1. The number of hydrogen-bond acceptors (Lipinski definition) is 6. The third-order valence-corrected chi connectivity index (χ3v) is 3.76. The van der Waals surface area contributed by atoms with Crippen LogP contribution in [-0.4, -0.2) is 29.8 Å². The van der Waals surface area contributed by atoms with Crippen LogP contribution in [0.5, 0.6) is 0 Å². The van der Waals surface area contributed by atoms with Gasteiger partial charge >= 0.3 is 0 Å². The van der Waals surface area contributed by atoms with Crippen LogP contribution in [0.2, 0.25) is 4.34 Å². The largest absolute Gasteiger partial charge is 0.384 e. The van der Waals surface area contributed by atoms with Crippen LogP contribution in [0.3, 0.4) is 0 Å². The predicted molar refractivity (Wildman–Crippen MR) is 75.1 cm³/mol. The summed E-state index contributed by atoms with van der Waals surface area (Å²) in [5, 5.41) is 6.60. The second-order valence-electron chi connectivity index (χ2n) is 4.09. The van der Waals surface area contributed by atoms with Crippen LogP contribution < -0.4 is 5.32 Å². The Hall–Kier alpha value is -1.44. The van der Waals surface area contributed by atoms with Crippen molar-refractivity contribution in [1.82, 2.24) is 15.5 Å². The molecule has 108 valence electrons. The molecule has 2 heterocycles. The SMILES string of the molecule is COCCc1noc([C@H](C)NC(=O)c2ccc(Cl)s2)n1. The maximum absolute atomic E-state index is 12.0. The highest BCUT2D eigenvalue weighted by Gasteiger charge is 2.18. The summed E-state index contributed by atoms with van der Waals surface area (Å²) in [5.41, 5.74) is 0. The average molecular weight is 316 g/mol. The molecule has 0 radical (unpaired) electrons. The highest BCUT2D eigenvalue weighted by atomic mass is 35.5. The van der Waals surface area contributed by atoms with Crippen LogP contribution >= 0.6 is 22.9 Å². The Bertz CT molecular complexity index is 584. The van der Waals surface area contributed by atoms with Crippen molar-refractivity contribution in [3.63, 3.8) is 0 Å². The topological polar surface area (TPSA) is 77.3 Å². The van der Waals surface area contributed by atoms with Crippen LogP contribution in [0.25, 0.3) is 0 Å². The summed E-state index contributed by atoms with van der Waals surface area (Å²) in [7, 11) is 1.61. The van der Waals surface area contributed by atoms with Gasteiger partial charge in [0, 0.05) is 13.5 Å². The number of nitrogens with zero attached hydrogens (tertiary/aromatic N) is 2. The number of thiophene rings is 1. The number of carbonyl (C=O) groups excluding carboxylic acids is 1. The van der Waals surface area contributed by atoms with Crippen LogP contribution in [-0.2, 0) is 11.2 Å². The smallest absolute Gasteiger partial charge is 0.262 e. The fourth-order valence-electron chi connectivity index (χ4n) is 1.50. The van der Waals surface area contributed by atoms with Crippen LogP contribution in [0.15, 0.2) is 16.7 Å². The van der Waals surface area contributed by atoms with E-state index in [2.05, 4.69) is 15.5 Å². The van der Waals surface area contributed by atoms with E-state index in [1.807, 2.05) is 0 Å². The molecule has 1 amide bonds. The van der Waals surface area contributed by atoms with Crippen molar-refractivity contribution < 1.29 is 14.1 Å². The minimum absolute atomic E-state index is 0.217. The Kier molecular flexibility index (Phi) is 5.11. The summed E-state index contributed by atoms with van der Waals surface area (Å²) in [6.45, 7) is 2.30. The van der Waals surface area contributed by atoms with Crippen molar-refractivity contribution in [2.45, 2.75) is 19.4 Å². The quantitative estimate of drug-likeness (QED) is 0.886. The number of carbonyl (C=O) groups is 1. The molecule has 1 atom stereocenters. The lowest BCUT2D eigenvalue weighted by atomic mass is 10.3. The van der Waals surface area contributed by atoms with Gasteiger partial charge in [-0.3, -0.25) is 4.79 Å². The van der Waals surface area contributed by atoms with Gasteiger partial charge in [-0.25, -0.2) is 0 Å². The molecule has 2 aromatic heterocycles. The highest BCUT2D eigenvalue weighted by molar-refractivity contribution is 7.17. The van der Waals surface area contributed by atoms with E-state index >= 15 is 0 Å². The molecule has 0 aliphatic heterocycles. The number of ether oxygens (including phenoxy) is 1. The zero-order valence-electron chi connectivity index (χ0n) is 11.1. The molecular weight excluding hydrogens is 302 g/mol. The summed E-state index contributed by atoms with van der Waals surface area (Å²) in [5.74, 6) is 0.709. The summed E-state index contributed by atoms with van der Waals surface area (Å²) in [6.07, 6.45) is 0.571. The van der Waals surface area contributed by atoms with E-state index in [-0.39, 0.29) is 11.9 Å². The van der Waals surface area contributed by atoms with Gasteiger partial charge in [-0.15, -0.1) is 11.3 Å². The van der Waals surface area contributed by atoms with E-state index in [1.165, 1.54) is 11.3 Å². The normalized spacial score (nSPS) is 12.3. The van der Waals surface area contributed by atoms with E-state index < -0.39 is 0 Å². The number of aromatic nitrogens is 2. The molecule has 8 heteroatoms. The predicted octanol–water partition coefficient (Wildman–Crippen LogP) is 2.46. The first-order chi connectivity index (χ1) is 9.60. The van der Waals surface area contributed by atoms with Gasteiger partial charge in [-0.2, -0.15) is 4.98 Å². The Morgan fingerprint density at radius 1 is 1.60 bits per heavy atom. The maximum atomic E-state index is 12.0. The second-order valence-corrected chi connectivity index (χ2v) is 5.81. The molecule has 2 aromatic rings. The first-order valence-electron chi connectivity index (χ1n) is 5.97. The maximum Gasteiger partial charge on any atom is 0.262 e. The molecule has 0 fully saturated rings. The minimum atomic E-state index is -0.368. The highest BCUT2D eigenvalue weighted by Crippen LogP contribution is 2.22. The number of nitrogens with one attached hydrogen (secondary N) is 1. The Labute approximate surface area is 125 Å². The number of methoxy groups -OCH3 is 1. The fraction of sp³-hybridized carbons (Fsp3) is 0.417. The Morgan fingerprint density at radius 3 is 3.05 bits per heavy atom. The van der Waals surface area contributed by atoms with Gasteiger partial charge in [0.2, 0.25) is 5.89 Å². The molecule has 0 bridgehead atoms. The molecule has 0 aromatic carbocycles. The molecule has 20 heavy (non-hydrogen) atoms. The van der Waals surface area contributed by atoms with Crippen LogP contribution in [0.4, 0.5) is 0 Å². The summed E-state index contributed by atoms with van der Waals surface area (Å²) < 4.78 is 10.6. The van der Waals surface area contributed by atoms with E-state index in [4.69, 9.17) is 20.9 Å². The summed E-state index contributed by atoms with van der Waals surface area (Å²) >= 11 is 7.02. The first-order valence-corrected chi connectivity index (χ1v) is 7.17. The summed E-state index contributed by atoms with van der Waals surface area (Å²) in [6, 6.07) is 2.99. The zero-order valence-corrected chi connectivity index (χ0v) is 12.6. The van der Waals surface area contributed by atoms with Gasteiger partial charge in [0.15, 0.2) is 5.82 Å². The number of rotatable bonds is 6. The fourth-order valence-corrected chi connectivity index (χ4v) is 2.45. The van der Waals surface area contributed by atoms with Crippen molar-refractivity contribution >= 4 is 28.8 Å². The monoisotopic (exact) mass is 315 g/mol. The van der Waals surface area contributed by atoms with Gasteiger partial charge in [-0.1, -0.05) is 16.8 Å². The molecule has 0 saturated carbocycles. The van der Waals surface area contributed by atoms with E-state index in [0.29, 0.717) is 34.0 Å². The van der Waals surface area contributed by atoms with Crippen LogP contribution in [0.1, 0.15) is 34.4 Å². The molecule has 0 aliphatic rings. The Morgan fingerprint density at radius 2 is 2.40 bits per heavy atom. The van der Waals surface area contributed by atoms with Crippen molar-refractivity contribution in [3.05, 3.63) is 33.1 Å². The standard InChI is InChI=1S/C12H14ClN3O3S/c1-7(12-15-10(16-19-12)5-6-18-2)14-11(17)8-3-4-9(13)20-8/h3-4,7H,5-6H2,1-2H3,(H,14,17)/t7-/m0/s1. The Balaban J connectivity index is 1.95. The van der Waals surface area contributed by atoms with E-state index in [1.54, 1.807) is 26.2 Å². The van der Waals surface area contributed by atoms with Gasteiger partial charge in [0.1, 0.15) is 6.04 Å². The molecule has 6 nitrogen and oxygen atoms in total. The molecule has 2 rings (SSSR count). The van der Waals surface area contributed by atoms with E-state index in [0.717, 1.165) is 0 Å².